The molecular formula is C17H23N3O5. The van der Waals surface area contributed by atoms with E-state index in [0.717, 1.165) is 24.0 Å². The largest absolute Gasteiger partial charge is 0.496 e. The van der Waals surface area contributed by atoms with Crippen LogP contribution >= 0.6 is 0 Å². The molecule has 1 unspecified atom stereocenters. The highest BCUT2D eigenvalue weighted by atomic mass is 16.5. The van der Waals surface area contributed by atoms with Crippen LogP contribution in [0.3, 0.4) is 0 Å². The van der Waals surface area contributed by atoms with Gasteiger partial charge in [0.2, 0.25) is 0 Å². The van der Waals surface area contributed by atoms with Gasteiger partial charge in [0.05, 0.1) is 19.8 Å². The molecular weight excluding hydrogens is 326 g/mol. The highest BCUT2D eigenvalue weighted by Gasteiger charge is 2.47. The van der Waals surface area contributed by atoms with Crippen molar-refractivity contribution in [3.63, 3.8) is 0 Å². The van der Waals surface area contributed by atoms with Crippen molar-refractivity contribution >= 4 is 5.91 Å². The quantitative estimate of drug-likeness (QED) is 0.702. The Hall–Kier alpha value is -2.35. The van der Waals surface area contributed by atoms with E-state index in [2.05, 4.69) is 10.4 Å². The van der Waals surface area contributed by atoms with E-state index in [-0.39, 0.29) is 6.54 Å². The van der Waals surface area contributed by atoms with Crippen molar-refractivity contribution < 1.29 is 14.3 Å². The lowest BCUT2D eigenvalue weighted by Crippen LogP contribution is -2.58. The Bertz CT molecular complexity index is 639. The summed E-state index contributed by atoms with van der Waals surface area (Å²) in [5.74, 6) is 0.403. The van der Waals surface area contributed by atoms with Gasteiger partial charge in [0.1, 0.15) is 23.6 Å². The molecule has 0 saturated carbocycles. The summed E-state index contributed by atoms with van der Waals surface area (Å²) in [6.45, 7) is 2.48. The number of aryl methyl sites for hydroxylation is 1. The first kappa shape index (κ1) is 19.0. The maximum absolute atomic E-state index is 12.3. The lowest BCUT2D eigenvalue weighted by Gasteiger charge is -2.43. The van der Waals surface area contributed by atoms with Crippen molar-refractivity contribution in [1.82, 2.24) is 4.90 Å². The third kappa shape index (κ3) is 3.68. The Balaban J connectivity index is 2.47. The smallest absolute Gasteiger partial charge is 0.308 e. The number of nitrogens with zero attached hydrogens (tertiary/aromatic N) is 3. The number of amides is 1. The Kier molecular flexibility index (Phi) is 6.19. The van der Waals surface area contributed by atoms with Crippen LogP contribution in [0.5, 0.6) is 11.5 Å². The molecule has 1 aliphatic rings. The summed E-state index contributed by atoms with van der Waals surface area (Å²) in [4.78, 5) is 36.0. The van der Waals surface area contributed by atoms with Gasteiger partial charge in [0.15, 0.2) is 0 Å². The monoisotopic (exact) mass is 349 g/mol. The Morgan fingerprint density at radius 2 is 1.84 bits per heavy atom. The number of methoxy groups -OCH3 is 2. The zero-order valence-electron chi connectivity index (χ0n) is 14.8. The molecule has 1 saturated heterocycles. The number of ether oxygens (including phenoxy) is 2. The lowest BCUT2D eigenvalue weighted by atomic mass is 9.85. The molecule has 1 atom stereocenters. The van der Waals surface area contributed by atoms with Crippen molar-refractivity contribution in [2.45, 2.75) is 38.3 Å². The molecule has 0 aromatic heterocycles. The average molecular weight is 349 g/mol. The van der Waals surface area contributed by atoms with Gasteiger partial charge in [-0.05, 0) is 50.4 Å². The second-order valence-corrected chi connectivity index (χ2v) is 6.24. The molecule has 1 aromatic carbocycles. The molecule has 8 nitrogen and oxygen atoms in total. The zero-order chi connectivity index (χ0) is 18.4. The van der Waals surface area contributed by atoms with Gasteiger partial charge in [-0.1, -0.05) is 5.18 Å². The first-order valence-electron chi connectivity index (χ1n) is 8.16. The minimum atomic E-state index is -1.29. The highest BCUT2D eigenvalue weighted by molar-refractivity contribution is 5.87. The molecule has 136 valence electrons. The molecule has 8 heteroatoms. The van der Waals surface area contributed by atoms with Crippen LogP contribution in [0.25, 0.3) is 0 Å². The fraction of sp³-hybridized carbons (Fsp3) is 0.588. The van der Waals surface area contributed by atoms with Crippen LogP contribution in [-0.4, -0.2) is 43.7 Å². The summed E-state index contributed by atoms with van der Waals surface area (Å²) in [5.41, 5.74) is 0.442. The summed E-state index contributed by atoms with van der Waals surface area (Å²) in [5, 5.41) is 5.52. The molecule has 1 fully saturated rings. The van der Waals surface area contributed by atoms with E-state index in [9.17, 15) is 14.6 Å². The van der Waals surface area contributed by atoms with Gasteiger partial charge >= 0.3 is 5.91 Å². The number of hydrogen-bond donors (Lipinski definition) is 0. The number of likely N-dealkylation sites (tertiary alicyclic amines) is 1. The van der Waals surface area contributed by atoms with Crippen molar-refractivity contribution in [3.8, 4) is 11.5 Å². The van der Waals surface area contributed by atoms with E-state index >= 15 is 0 Å². The zero-order valence-corrected chi connectivity index (χ0v) is 14.8. The van der Waals surface area contributed by atoms with Gasteiger partial charge in [0, 0.05) is 11.7 Å². The van der Waals surface area contributed by atoms with Crippen molar-refractivity contribution in [1.29, 1.82) is 0 Å². The summed E-state index contributed by atoms with van der Waals surface area (Å²) < 4.78 is 10.9. The molecule has 0 radical (unpaired) electrons. The van der Waals surface area contributed by atoms with Crippen molar-refractivity contribution in [3.05, 3.63) is 33.1 Å². The van der Waals surface area contributed by atoms with Crippen LogP contribution in [0, 0.1) is 16.7 Å². The first-order chi connectivity index (χ1) is 12.0. The van der Waals surface area contributed by atoms with Crippen LogP contribution in [0.1, 0.15) is 30.4 Å². The van der Waals surface area contributed by atoms with E-state index < -0.39 is 11.4 Å². The molecule has 1 aromatic rings. The maximum Gasteiger partial charge on any atom is 0.308 e. The van der Waals surface area contributed by atoms with Gasteiger partial charge in [-0.25, -0.2) is 0 Å². The molecule has 1 heterocycles. The number of rotatable bonds is 7. The third-order valence-corrected chi connectivity index (χ3v) is 4.78. The topological polar surface area (TPSA) is 97.6 Å². The van der Waals surface area contributed by atoms with Crippen LogP contribution in [0.15, 0.2) is 22.5 Å². The van der Waals surface area contributed by atoms with Crippen LogP contribution in [0.4, 0.5) is 0 Å². The van der Waals surface area contributed by atoms with Crippen LogP contribution in [0.2, 0.25) is 0 Å². The SMILES string of the molecule is COc1cc(C)cc(OC)c1CN1CCCCC1(CN=O)C(=O)N=O. The third-order valence-electron chi connectivity index (χ3n) is 4.78. The van der Waals surface area contributed by atoms with Crippen molar-refractivity contribution in [2.24, 2.45) is 10.4 Å². The van der Waals surface area contributed by atoms with Gasteiger partial charge in [0.25, 0.3) is 0 Å². The number of piperidine rings is 1. The summed E-state index contributed by atoms with van der Waals surface area (Å²) in [6, 6.07) is 3.75. The van der Waals surface area contributed by atoms with E-state index in [1.54, 1.807) is 19.1 Å². The molecule has 0 spiro atoms. The minimum Gasteiger partial charge on any atom is -0.496 e. The van der Waals surface area contributed by atoms with Gasteiger partial charge in [-0.15, -0.1) is 4.91 Å². The average Bonchev–Trinajstić information content (AvgIpc) is 2.63. The molecule has 1 aliphatic heterocycles. The summed E-state index contributed by atoms with van der Waals surface area (Å²) in [6.07, 6.45) is 1.96. The van der Waals surface area contributed by atoms with Crippen molar-refractivity contribution in [2.75, 3.05) is 27.3 Å². The Morgan fingerprint density at radius 3 is 2.36 bits per heavy atom. The molecule has 0 aliphatic carbocycles. The van der Waals surface area contributed by atoms with E-state index in [1.165, 1.54) is 0 Å². The molecule has 25 heavy (non-hydrogen) atoms. The Labute approximate surface area is 146 Å². The maximum atomic E-state index is 12.3. The minimum absolute atomic E-state index is 0.295. The number of benzene rings is 1. The van der Waals surface area contributed by atoms with Gasteiger partial charge < -0.3 is 9.47 Å². The number of carbonyl (C=O) groups excluding carboxylic acids is 1. The Morgan fingerprint density at radius 1 is 1.20 bits per heavy atom. The molecule has 1 amide bonds. The van der Waals surface area contributed by atoms with Gasteiger partial charge in [-0.3, -0.25) is 9.69 Å². The van der Waals surface area contributed by atoms with E-state index in [4.69, 9.17) is 9.47 Å². The summed E-state index contributed by atoms with van der Waals surface area (Å²) >= 11 is 0. The van der Waals surface area contributed by atoms with E-state index in [0.29, 0.717) is 31.0 Å². The predicted octanol–water partition coefficient (Wildman–Crippen LogP) is 2.80. The normalized spacial score (nSPS) is 20.8. The van der Waals surface area contributed by atoms with Crippen LogP contribution in [-0.2, 0) is 11.3 Å². The lowest BCUT2D eigenvalue weighted by molar-refractivity contribution is -0.132. The molecule has 2 rings (SSSR count). The van der Waals surface area contributed by atoms with Crippen LogP contribution < -0.4 is 9.47 Å². The fourth-order valence-corrected chi connectivity index (χ4v) is 3.47. The van der Waals surface area contributed by atoms with Gasteiger partial charge in [-0.2, -0.15) is 4.91 Å². The second kappa shape index (κ2) is 8.15. The second-order valence-electron chi connectivity index (χ2n) is 6.24. The number of carbonyl (C=O) groups is 1. The predicted molar refractivity (Wildman–Crippen MR) is 92.7 cm³/mol. The number of hydrogen-bond acceptors (Lipinski definition) is 7. The number of nitroso groups, excluding NO2 is 2. The first-order valence-corrected chi connectivity index (χ1v) is 8.16. The summed E-state index contributed by atoms with van der Waals surface area (Å²) in [7, 11) is 3.12. The standard InChI is InChI=1S/C17H23N3O5/c1-12-8-14(24-2)13(15(9-12)25-3)10-20-7-5-4-6-17(20,11-18-22)16(21)19-23/h8-9H,4-7,10-11H2,1-3H3. The van der Waals surface area contributed by atoms with E-state index in [1.807, 2.05) is 19.1 Å². The molecule has 0 bridgehead atoms. The highest BCUT2D eigenvalue weighted by Crippen LogP contribution is 2.37. The fourth-order valence-electron chi connectivity index (χ4n) is 3.47. The molecule has 0 N–H and O–H groups in total.